The first-order chi connectivity index (χ1) is 10.9. The van der Waals surface area contributed by atoms with E-state index in [1.165, 1.54) is 24.2 Å². The second kappa shape index (κ2) is 7.25. The number of fused-ring (bicyclic) bond motifs is 2. The standard InChI is InChI=1S/C17H17N2O.Ag.HI/c1-2-3-11-18-12-19-13-7-4-5-9-15(13)20-16-10-6-8-14(18)17(16)19;;/h4-10,12H,2-3,11H2,1H3;;1H/q-1;+1;/p-1. The van der Waals surface area contributed by atoms with Crippen LogP contribution in [0.1, 0.15) is 19.8 Å². The third kappa shape index (κ3) is 2.77. The summed E-state index contributed by atoms with van der Waals surface area (Å²) in [5.41, 5.74) is 3.53. The Morgan fingerprint density at radius 3 is 2.59 bits per heavy atom. The average Bonchev–Trinajstić information content (AvgIpc) is 2.96. The average molecular weight is 500 g/mol. The molecular weight excluding hydrogens is 483 g/mol. The van der Waals surface area contributed by atoms with Gasteiger partial charge in [-0.05, 0) is 37.2 Å². The number of para-hydroxylation sites is 3. The fraction of sp³-hybridized carbons (Fsp3) is 0.235. The number of benzene rings is 2. The van der Waals surface area contributed by atoms with Gasteiger partial charge >= 0.3 is 36.3 Å². The Kier molecular flexibility index (Phi) is 5.33. The van der Waals surface area contributed by atoms with Crippen molar-refractivity contribution in [2.75, 3.05) is 16.3 Å². The molecule has 0 saturated heterocycles. The van der Waals surface area contributed by atoms with Crippen LogP contribution in [0, 0.1) is 6.67 Å². The van der Waals surface area contributed by atoms with Gasteiger partial charge in [-0.25, -0.2) is 0 Å². The van der Waals surface area contributed by atoms with Gasteiger partial charge in [0.2, 0.25) is 0 Å². The van der Waals surface area contributed by atoms with Crippen LogP contribution in [-0.2, 0) is 17.3 Å². The first kappa shape index (κ1) is 16.2. The molecule has 4 rings (SSSR count). The van der Waals surface area contributed by atoms with Crippen LogP contribution in [0.3, 0.4) is 0 Å². The van der Waals surface area contributed by atoms with Crippen LogP contribution in [0.2, 0.25) is 0 Å². The van der Waals surface area contributed by atoms with Crippen LogP contribution in [0.15, 0.2) is 42.5 Å². The molecule has 5 heteroatoms. The second-order valence-corrected chi connectivity index (χ2v) is 5.23. The molecule has 2 aliphatic heterocycles. The van der Waals surface area contributed by atoms with Gasteiger partial charge < -0.3 is 14.5 Å². The zero-order chi connectivity index (χ0) is 15.5. The molecule has 0 unspecified atom stereocenters. The molecule has 0 atom stereocenters. The topological polar surface area (TPSA) is 15.7 Å². The Hall–Kier alpha value is -0.690. The van der Waals surface area contributed by atoms with Gasteiger partial charge in [0.25, 0.3) is 0 Å². The van der Waals surface area contributed by atoms with E-state index in [4.69, 9.17) is 4.74 Å². The third-order valence-corrected chi connectivity index (χ3v) is 3.88. The van der Waals surface area contributed by atoms with Crippen molar-refractivity contribution in [3.05, 3.63) is 49.1 Å². The quantitative estimate of drug-likeness (QED) is 0.312. The van der Waals surface area contributed by atoms with Crippen LogP contribution in [0.4, 0.5) is 17.1 Å². The molecule has 0 fully saturated rings. The van der Waals surface area contributed by atoms with Gasteiger partial charge in [-0.15, -0.1) is 6.67 Å². The van der Waals surface area contributed by atoms with Crippen LogP contribution in [0.5, 0.6) is 11.5 Å². The van der Waals surface area contributed by atoms with E-state index in [2.05, 4.69) is 64.9 Å². The summed E-state index contributed by atoms with van der Waals surface area (Å²) in [6, 6.07) is 14.5. The SMILES string of the molecule is CCCCN1[CH-]N2c3ccccc3Oc3cccc1c32.[Ag][I]. The maximum absolute atomic E-state index is 6.03. The Morgan fingerprint density at radius 2 is 1.77 bits per heavy atom. The predicted octanol–water partition coefficient (Wildman–Crippen LogP) is 5.55. The summed E-state index contributed by atoms with van der Waals surface area (Å²) >= 11 is 4.88. The summed E-state index contributed by atoms with van der Waals surface area (Å²) in [5, 5.41) is 0. The number of hydrogen-bond donors (Lipinski definition) is 0. The number of anilines is 3. The molecule has 2 aromatic carbocycles. The zero-order valence-electron chi connectivity index (χ0n) is 12.2. The van der Waals surface area contributed by atoms with Crippen LogP contribution < -0.4 is 14.5 Å². The minimum atomic E-state index is 0.922. The molecule has 0 spiro atoms. The molecule has 3 nitrogen and oxygen atoms in total. The van der Waals surface area contributed by atoms with Crippen molar-refractivity contribution >= 4 is 36.1 Å². The van der Waals surface area contributed by atoms with Gasteiger partial charge in [-0.3, -0.25) is 0 Å². The van der Waals surface area contributed by atoms with Gasteiger partial charge in [0.15, 0.2) is 5.75 Å². The zero-order valence-corrected chi connectivity index (χ0v) is 15.9. The molecule has 0 amide bonds. The molecule has 22 heavy (non-hydrogen) atoms. The monoisotopic (exact) mass is 499 g/mol. The molecular formula is C17H17AgIN2O-. The number of rotatable bonds is 3. The maximum atomic E-state index is 6.03. The molecule has 0 N–H and O–H groups in total. The molecule has 2 aromatic rings. The van der Waals surface area contributed by atoms with Crippen molar-refractivity contribution in [3.8, 4) is 11.5 Å². The van der Waals surface area contributed by atoms with E-state index in [-0.39, 0.29) is 0 Å². The van der Waals surface area contributed by atoms with Crippen molar-refractivity contribution in [3.63, 3.8) is 0 Å². The fourth-order valence-electron chi connectivity index (χ4n) is 2.88. The molecule has 120 valence electrons. The van der Waals surface area contributed by atoms with E-state index < -0.39 is 0 Å². The number of nitrogens with zero attached hydrogens (tertiary/aromatic N) is 2. The normalized spacial score (nSPS) is 13.8. The van der Waals surface area contributed by atoms with Crippen molar-refractivity contribution < 1.29 is 22.0 Å². The number of ether oxygens (including phenoxy) is 1. The summed E-state index contributed by atoms with van der Waals surface area (Å²) in [6.45, 7) is 5.47. The van der Waals surface area contributed by atoms with E-state index in [9.17, 15) is 0 Å². The van der Waals surface area contributed by atoms with Gasteiger partial charge in [0.1, 0.15) is 5.75 Å². The summed E-state index contributed by atoms with van der Waals surface area (Å²) in [5.74, 6) is 1.86. The minimum absolute atomic E-state index is 0.922. The van der Waals surface area contributed by atoms with Gasteiger partial charge in [0.05, 0.1) is 11.4 Å². The Morgan fingerprint density at radius 1 is 1.05 bits per heavy atom. The number of unbranched alkanes of at least 4 members (excludes halogenated alkanes) is 1. The predicted molar refractivity (Wildman–Crippen MR) is 95.7 cm³/mol. The molecule has 0 aromatic heterocycles. The van der Waals surface area contributed by atoms with E-state index in [0.717, 1.165) is 23.7 Å². The summed E-state index contributed by atoms with van der Waals surface area (Å²) in [6.07, 6.45) is 2.39. The molecule has 2 heterocycles. The van der Waals surface area contributed by atoms with E-state index in [0.29, 0.717) is 0 Å². The Bertz CT molecular complexity index is 665. The molecule has 2 aliphatic rings. The first-order valence-corrected chi connectivity index (χ1v) is 11.7. The number of halogens is 1. The summed E-state index contributed by atoms with van der Waals surface area (Å²) in [7, 11) is 0. The summed E-state index contributed by atoms with van der Waals surface area (Å²) < 4.78 is 6.03. The third-order valence-electron chi connectivity index (χ3n) is 3.88. The molecule has 0 aliphatic carbocycles. The van der Waals surface area contributed by atoms with Gasteiger partial charge in [-0.2, -0.15) is 0 Å². The first-order valence-electron chi connectivity index (χ1n) is 7.30. The van der Waals surface area contributed by atoms with E-state index >= 15 is 0 Å². The molecule has 0 saturated carbocycles. The fourth-order valence-corrected chi connectivity index (χ4v) is 2.88. The number of hydrogen-bond acceptors (Lipinski definition) is 3. The van der Waals surface area contributed by atoms with Crippen molar-refractivity contribution in [2.24, 2.45) is 0 Å². The van der Waals surface area contributed by atoms with Crippen molar-refractivity contribution in [1.29, 1.82) is 0 Å². The van der Waals surface area contributed by atoms with Crippen LogP contribution in [0.25, 0.3) is 0 Å². The van der Waals surface area contributed by atoms with Crippen LogP contribution >= 0.6 is 19.0 Å². The van der Waals surface area contributed by atoms with Gasteiger partial charge in [-0.1, -0.05) is 31.5 Å². The van der Waals surface area contributed by atoms with Crippen molar-refractivity contribution in [1.82, 2.24) is 0 Å². The molecule has 0 bridgehead atoms. The van der Waals surface area contributed by atoms with Crippen molar-refractivity contribution in [2.45, 2.75) is 19.8 Å². The summed E-state index contributed by atoms with van der Waals surface area (Å²) in [4.78, 5) is 4.58. The van der Waals surface area contributed by atoms with E-state index in [1.54, 1.807) is 0 Å². The van der Waals surface area contributed by atoms with E-state index in [1.807, 2.05) is 37.2 Å². The van der Waals surface area contributed by atoms with Crippen LogP contribution in [-0.4, -0.2) is 6.54 Å². The molecule has 0 radical (unpaired) electrons. The Labute approximate surface area is 154 Å². The van der Waals surface area contributed by atoms with Gasteiger partial charge in [0, 0.05) is 5.69 Å². The Balaban J connectivity index is 0.000000693. The second-order valence-electron chi connectivity index (χ2n) is 5.23.